The van der Waals surface area contributed by atoms with Crippen LogP contribution in [0.5, 0.6) is 5.75 Å². The van der Waals surface area contributed by atoms with Gasteiger partial charge in [-0.2, -0.15) is 0 Å². The molecule has 0 aliphatic carbocycles. The molecule has 0 radical (unpaired) electrons. The van der Waals surface area contributed by atoms with Crippen LogP contribution in [0.2, 0.25) is 5.02 Å². The minimum absolute atomic E-state index is 0.102. The highest BCUT2D eigenvalue weighted by Gasteiger charge is 2.16. The first-order chi connectivity index (χ1) is 9.43. The number of halogens is 3. The van der Waals surface area contributed by atoms with E-state index < -0.39 is 5.82 Å². The van der Waals surface area contributed by atoms with E-state index in [1.165, 1.54) is 6.07 Å². The maximum atomic E-state index is 13.4. The molecule has 0 aromatic heterocycles. The summed E-state index contributed by atoms with van der Waals surface area (Å²) in [6, 6.07) is 7.58. The highest BCUT2D eigenvalue weighted by atomic mass is 79.9. The van der Waals surface area contributed by atoms with Crippen LogP contribution in [-0.4, -0.2) is 12.9 Å². The minimum atomic E-state index is -0.428. The van der Waals surface area contributed by atoms with Crippen LogP contribution in [0.3, 0.4) is 0 Å². The maximum Gasteiger partial charge on any atom is 0.194 e. The average Bonchev–Trinajstić information content (AvgIpc) is 2.42. The quantitative estimate of drug-likeness (QED) is 0.738. The van der Waals surface area contributed by atoms with Gasteiger partial charge >= 0.3 is 0 Å². The summed E-state index contributed by atoms with van der Waals surface area (Å²) in [4.78, 5) is 12.4. The van der Waals surface area contributed by atoms with Crippen molar-refractivity contribution >= 4 is 33.3 Å². The summed E-state index contributed by atoms with van der Waals surface area (Å²) in [5.74, 6) is -0.0631. The van der Waals surface area contributed by atoms with Gasteiger partial charge < -0.3 is 4.74 Å². The topological polar surface area (TPSA) is 26.3 Å². The van der Waals surface area contributed by atoms with Crippen molar-refractivity contribution in [1.82, 2.24) is 0 Å². The van der Waals surface area contributed by atoms with Crippen LogP contribution in [0.15, 0.2) is 34.8 Å². The smallest absolute Gasteiger partial charge is 0.194 e. The van der Waals surface area contributed by atoms with E-state index in [0.717, 1.165) is 6.07 Å². The first kappa shape index (κ1) is 15.0. The van der Waals surface area contributed by atoms with Crippen LogP contribution in [-0.2, 0) is 0 Å². The molecule has 5 heteroatoms. The van der Waals surface area contributed by atoms with Gasteiger partial charge in [-0.05, 0) is 58.7 Å². The molecule has 2 aromatic rings. The lowest BCUT2D eigenvalue weighted by atomic mass is 10.0. The summed E-state index contributed by atoms with van der Waals surface area (Å²) >= 11 is 9.27. The Bertz CT molecular complexity index is 686. The van der Waals surface area contributed by atoms with E-state index in [-0.39, 0.29) is 16.4 Å². The predicted octanol–water partition coefficient (Wildman–Crippen LogP) is 4.79. The number of rotatable bonds is 3. The van der Waals surface area contributed by atoms with E-state index in [2.05, 4.69) is 15.9 Å². The van der Waals surface area contributed by atoms with Crippen molar-refractivity contribution in [2.24, 2.45) is 0 Å². The van der Waals surface area contributed by atoms with Crippen LogP contribution < -0.4 is 4.74 Å². The number of ketones is 1. The lowest BCUT2D eigenvalue weighted by Gasteiger charge is -2.08. The molecule has 0 spiro atoms. The standard InChI is InChI=1S/C15H11BrClFO2/c1-8-5-10(12(17)7-13(8)18)15(19)9-3-4-14(20-2)11(16)6-9/h3-7H,1-2H3. The zero-order valence-electron chi connectivity index (χ0n) is 10.8. The van der Waals surface area contributed by atoms with Crippen molar-refractivity contribution < 1.29 is 13.9 Å². The number of carbonyl (C=O) groups excluding carboxylic acids is 1. The number of benzene rings is 2. The van der Waals surface area contributed by atoms with E-state index in [0.29, 0.717) is 21.3 Å². The SMILES string of the molecule is COc1ccc(C(=O)c2cc(C)c(F)cc2Cl)cc1Br. The number of hydrogen-bond donors (Lipinski definition) is 0. The molecule has 20 heavy (non-hydrogen) atoms. The Morgan fingerprint density at radius 1 is 1.30 bits per heavy atom. The van der Waals surface area contributed by atoms with E-state index in [1.807, 2.05) is 0 Å². The van der Waals surface area contributed by atoms with Gasteiger partial charge in [0.15, 0.2) is 5.78 Å². The van der Waals surface area contributed by atoms with Crippen molar-refractivity contribution in [2.75, 3.05) is 7.11 Å². The predicted molar refractivity (Wildman–Crippen MR) is 80.3 cm³/mol. The fraction of sp³-hybridized carbons (Fsp3) is 0.133. The van der Waals surface area contributed by atoms with Crippen LogP contribution in [0.25, 0.3) is 0 Å². The molecule has 2 aromatic carbocycles. The second-order valence-corrected chi connectivity index (χ2v) is 5.52. The van der Waals surface area contributed by atoms with Crippen LogP contribution in [0.1, 0.15) is 21.5 Å². The molecule has 0 aliphatic heterocycles. The van der Waals surface area contributed by atoms with Gasteiger partial charge in [0.1, 0.15) is 11.6 Å². The van der Waals surface area contributed by atoms with Gasteiger partial charge in [0, 0.05) is 11.1 Å². The molecular weight excluding hydrogens is 347 g/mol. The lowest BCUT2D eigenvalue weighted by molar-refractivity contribution is 0.103. The lowest BCUT2D eigenvalue weighted by Crippen LogP contribution is -2.04. The average molecular weight is 358 g/mol. The second kappa shape index (κ2) is 5.94. The van der Waals surface area contributed by atoms with Gasteiger partial charge in [-0.3, -0.25) is 4.79 Å². The Kier molecular flexibility index (Phi) is 4.45. The summed E-state index contributed by atoms with van der Waals surface area (Å²) in [6.07, 6.45) is 0. The maximum absolute atomic E-state index is 13.4. The Balaban J connectivity index is 2.46. The van der Waals surface area contributed by atoms with E-state index in [9.17, 15) is 9.18 Å². The third-order valence-corrected chi connectivity index (χ3v) is 3.84. The fourth-order valence-corrected chi connectivity index (χ4v) is 2.57. The molecule has 0 N–H and O–H groups in total. The van der Waals surface area contributed by atoms with Crippen LogP contribution in [0, 0.1) is 12.7 Å². The highest BCUT2D eigenvalue weighted by molar-refractivity contribution is 9.10. The van der Waals surface area contributed by atoms with Gasteiger partial charge in [0.25, 0.3) is 0 Å². The number of hydrogen-bond acceptors (Lipinski definition) is 2. The number of aryl methyl sites for hydroxylation is 1. The fourth-order valence-electron chi connectivity index (χ4n) is 1.79. The van der Waals surface area contributed by atoms with Crippen molar-refractivity contribution in [2.45, 2.75) is 6.92 Å². The molecule has 104 valence electrons. The van der Waals surface area contributed by atoms with Gasteiger partial charge in [0.2, 0.25) is 0 Å². The van der Waals surface area contributed by atoms with E-state index in [4.69, 9.17) is 16.3 Å². The Morgan fingerprint density at radius 2 is 2.00 bits per heavy atom. The van der Waals surface area contributed by atoms with E-state index in [1.54, 1.807) is 32.2 Å². The first-order valence-corrected chi connectivity index (χ1v) is 6.95. The minimum Gasteiger partial charge on any atom is -0.496 e. The monoisotopic (exact) mass is 356 g/mol. The molecular formula is C15H11BrClFO2. The molecule has 0 fully saturated rings. The first-order valence-electron chi connectivity index (χ1n) is 5.78. The largest absolute Gasteiger partial charge is 0.496 e. The van der Waals surface area contributed by atoms with Crippen molar-refractivity contribution in [1.29, 1.82) is 0 Å². The van der Waals surface area contributed by atoms with Crippen molar-refractivity contribution in [3.63, 3.8) is 0 Å². The molecule has 0 saturated heterocycles. The van der Waals surface area contributed by atoms with Gasteiger partial charge in [0.05, 0.1) is 16.6 Å². The second-order valence-electron chi connectivity index (χ2n) is 4.26. The van der Waals surface area contributed by atoms with Gasteiger partial charge in [-0.25, -0.2) is 4.39 Å². The third-order valence-electron chi connectivity index (χ3n) is 2.91. The summed E-state index contributed by atoms with van der Waals surface area (Å²) < 4.78 is 19.1. The molecule has 2 rings (SSSR count). The van der Waals surface area contributed by atoms with Gasteiger partial charge in [-0.1, -0.05) is 11.6 Å². The molecule has 0 aliphatic rings. The molecule has 0 bridgehead atoms. The normalized spacial score (nSPS) is 10.4. The molecule has 0 heterocycles. The number of carbonyl (C=O) groups is 1. The zero-order chi connectivity index (χ0) is 14.9. The molecule has 2 nitrogen and oxygen atoms in total. The van der Waals surface area contributed by atoms with E-state index >= 15 is 0 Å². The summed E-state index contributed by atoms with van der Waals surface area (Å²) in [5, 5.41) is 0.102. The molecule has 0 amide bonds. The Hall–Kier alpha value is -1.39. The molecule has 0 saturated carbocycles. The zero-order valence-corrected chi connectivity index (χ0v) is 13.2. The van der Waals surface area contributed by atoms with Gasteiger partial charge in [-0.15, -0.1) is 0 Å². The molecule has 0 unspecified atom stereocenters. The van der Waals surface area contributed by atoms with Crippen LogP contribution in [0.4, 0.5) is 4.39 Å². The van der Waals surface area contributed by atoms with Crippen molar-refractivity contribution in [3.8, 4) is 5.75 Å². The molecule has 0 atom stereocenters. The number of methoxy groups -OCH3 is 1. The summed E-state index contributed by atoms with van der Waals surface area (Å²) in [7, 11) is 1.54. The summed E-state index contributed by atoms with van der Waals surface area (Å²) in [5.41, 5.74) is 1.11. The van der Waals surface area contributed by atoms with Crippen LogP contribution >= 0.6 is 27.5 Å². The highest BCUT2D eigenvalue weighted by Crippen LogP contribution is 2.28. The van der Waals surface area contributed by atoms with Crippen molar-refractivity contribution in [3.05, 3.63) is 62.3 Å². The third kappa shape index (κ3) is 2.86. The Morgan fingerprint density at radius 3 is 2.60 bits per heavy atom. The number of ether oxygens (including phenoxy) is 1. The Labute approximate surface area is 129 Å². The summed E-state index contributed by atoms with van der Waals surface area (Å²) in [6.45, 7) is 1.59.